The Balaban J connectivity index is 1.39. The van der Waals surface area contributed by atoms with E-state index in [0.717, 1.165) is 24.8 Å². The SMILES string of the molecule is C=C1CCC2[C@](C)(CO)C(O)CC[C@]2(C)[C@H]1C/C=C1/C(=O)OCC1OC(=O)C1OC(C)(C)N(C(=O)OC(C)(C)C)C1c1ccccc1. The number of carbonyl (C=O) groups is 3. The third-order valence-corrected chi connectivity index (χ3v) is 11.0. The number of fused-ring (bicyclic) bond motifs is 1. The van der Waals surface area contributed by atoms with E-state index in [1.54, 1.807) is 40.7 Å². The third-order valence-electron chi connectivity index (χ3n) is 11.0. The lowest BCUT2D eigenvalue weighted by Gasteiger charge is -2.59. The van der Waals surface area contributed by atoms with Gasteiger partial charge in [-0.1, -0.05) is 62.4 Å². The highest BCUT2D eigenvalue weighted by atomic mass is 16.6. The van der Waals surface area contributed by atoms with Gasteiger partial charge in [-0.25, -0.2) is 14.4 Å². The molecule has 1 aromatic rings. The number of cyclic esters (lactones) is 1. The van der Waals surface area contributed by atoms with Gasteiger partial charge in [0.05, 0.1) is 18.3 Å². The van der Waals surface area contributed by atoms with Crippen molar-refractivity contribution in [3.05, 3.63) is 59.7 Å². The van der Waals surface area contributed by atoms with Crippen LogP contribution in [0.15, 0.2) is 54.1 Å². The maximum absolute atomic E-state index is 13.9. The number of rotatable bonds is 6. The fourth-order valence-corrected chi connectivity index (χ4v) is 8.55. The summed E-state index contributed by atoms with van der Waals surface area (Å²) in [5, 5.41) is 21.2. The second kappa shape index (κ2) is 12.7. The molecular formula is C37H51NO9. The fourth-order valence-electron chi connectivity index (χ4n) is 8.55. The lowest BCUT2D eigenvalue weighted by molar-refractivity contribution is -0.165. The summed E-state index contributed by atoms with van der Waals surface area (Å²) in [6.45, 7) is 17.0. The van der Waals surface area contributed by atoms with E-state index in [9.17, 15) is 24.6 Å². The zero-order chi connectivity index (χ0) is 34.5. The Morgan fingerprint density at radius 1 is 1.13 bits per heavy atom. The van der Waals surface area contributed by atoms with Gasteiger partial charge in [-0.15, -0.1) is 0 Å². The Morgan fingerprint density at radius 2 is 1.81 bits per heavy atom. The second-order valence-electron chi connectivity index (χ2n) is 15.6. The quantitative estimate of drug-likeness (QED) is 0.174. The highest BCUT2D eigenvalue weighted by Gasteiger charge is 2.58. The van der Waals surface area contributed by atoms with Crippen LogP contribution in [0.5, 0.6) is 0 Å². The van der Waals surface area contributed by atoms with Gasteiger partial charge >= 0.3 is 18.0 Å². The van der Waals surface area contributed by atoms with Gasteiger partial charge in [0.15, 0.2) is 12.2 Å². The summed E-state index contributed by atoms with van der Waals surface area (Å²) >= 11 is 0. The summed E-state index contributed by atoms with van der Waals surface area (Å²) in [4.78, 5) is 41.8. The summed E-state index contributed by atoms with van der Waals surface area (Å²) in [7, 11) is 0. The van der Waals surface area contributed by atoms with Crippen LogP contribution in [-0.2, 0) is 28.5 Å². The minimum atomic E-state index is -1.21. The monoisotopic (exact) mass is 653 g/mol. The summed E-state index contributed by atoms with van der Waals surface area (Å²) in [6, 6.07) is 8.28. The molecule has 258 valence electrons. The van der Waals surface area contributed by atoms with E-state index in [4.69, 9.17) is 18.9 Å². The maximum Gasteiger partial charge on any atom is 0.413 e. The fraction of sp³-hybridized carbons (Fsp3) is 0.649. The molecule has 2 aliphatic carbocycles. The van der Waals surface area contributed by atoms with E-state index in [1.165, 1.54) is 4.90 Å². The predicted octanol–water partition coefficient (Wildman–Crippen LogP) is 5.63. The largest absolute Gasteiger partial charge is 0.458 e. The number of allylic oxidation sites excluding steroid dienone is 2. The molecule has 10 heteroatoms. The van der Waals surface area contributed by atoms with Crippen LogP contribution in [0, 0.1) is 22.7 Å². The average molecular weight is 654 g/mol. The molecule has 47 heavy (non-hydrogen) atoms. The van der Waals surface area contributed by atoms with Crippen LogP contribution >= 0.6 is 0 Å². The van der Waals surface area contributed by atoms with Crippen molar-refractivity contribution in [2.24, 2.45) is 22.7 Å². The van der Waals surface area contributed by atoms with Gasteiger partial charge < -0.3 is 29.2 Å². The van der Waals surface area contributed by atoms with Crippen molar-refractivity contribution in [2.45, 2.75) is 116 Å². The van der Waals surface area contributed by atoms with E-state index < -0.39 is 59.1 Å². The highest BCUT2D eigenvalue weighted by Crippen LogP contribution is 2.61. The summed E-state index contributed by atoms with van der Waals surface area (Å²) in [5.41, 5.74) is -0.843. The summed E-state index contributed by atoms with van der Waals surface area (Å²) in [6.07, 6.45) is 1.87. The van der Waals surface area contributed by atoms with Crippen molar-refractivity contribution >= 4 is 18.0 Å². The molecule has 0 bridgehead atoms. The molecule has 2 N–H and O–H groups in total. The van der Waals surface area contributed by atoms with Gasteiger partial charge in [0.1, 0.15) is 24.0 Å². The zero-order valence-electron chi connectivity index (χ0n) is 28.8. The number of aliphatic hydroxyl groups excluding tert-OH is 2. The van der Waals surface area contributed by atoms with Gasteiger partial charge in [-0.05, 0) is 89.5 Å². The van der Waals surface area contributed by atoms with Crippen LogP contribution in [-0.4, -0.2) is 76.0 Å². The van der Waals surface area contributed by atoms with Crippen LogP contribution < -0.4 is 0 Å². The van der Waals surface area contributed by atoms with Gasteiger partial charge in [0.2, 0.25) is 0 Å². The number of ether oxygens (including phenoxy) is 4. The molecule has 4 aliphatic rings. The predicted molar refractivity (Wildman–Crippen MR) is 174 cm³/mol. The van der Waals surface area contributed by atoms with Crippen LogP contribution in [0.1, 0.15) is 92.2 Å². The molecule has 1 amide bonds. The van der Waals surface area contributed by atoms with Crippen molar-refractivity contribution in [3.8, 4) is 0 Å². The first-order chi connectivity index (χ1) is 21.9. The Kier molecular flexibility index (Phi) is 9.47. The Bertz CT molecular complexity index is 1410. The number of nitrogens with zero attached hydrogens (tertiary/aromatic N) is 1. The van der Waals surface area contributed by atoms with Crippen molar-refractivity contribution in [1.29, 1.82) is 0 Å². The molecule has 10 nitrogen and oxygen atoms in total. The van der Waals surface area contributed by atoms with E-state index in [1.807, 2.05) is 37.3 Å². The third kappa shape index (κ3) is 6.48. The lowest BCUT2D eigenvalue weighted by atomic mass is 9.46. The molecule has 0 radical (unpaired) electrons. The molecule has 4 fully saturated rings. The smallest absolute Gasteiger partial charge is 0.413 e. The number of amides is 1. The topological polar surface area (TPSA) is 132 Å². The van der Waals surface area contributed by atoms with E-state index in [-0.39, 0.29) is 36.0 Å². The molecule has 2 aliphatic heterocycles. The van der Waals surface area contributed by atoms with Gasteiger partial charge in [0, 0.05) is 5.41 Å². The lowest BCUT2D eigenvalue weighted by Crippen LogP contribution is -2.57. The van der Waals surface area contributed by atoms with Crippen LogP contribution in [0.2, 0.25) is 0 Å². The summed E-state index contributed by atoms with van der Waals surface area (Å²) in [5.74, 6) is -1.19. The molecule has 5 unspecified atom stereocenters. The van der Waals surface area contributed by atoms with Crippen molar-refractivity contribution < 1.29 is 43.5 Å². The van der Waals surface area contributed by atoms with Crippen molar-refractivity contribution in [2.75, 3.05) is 13.2 Å². The van der Waals surface area contributed by atoms with E-state index in [2.05, 4.69) is 13.5 Å². The molecule has 0 aromatic heterocycles. The zero-order valence-corrected chi connectivity index (χ0v) is 28.8. The molecule has 5 rings (SSSR count). The number of benzene rings is 1. The number of carbonyl (C=O) groups excluding carboxylic acids is 3. The molecule has 0 spiro atoms. The van der Waals surface area contributed by atoms with E-state index in [0.29, 0.717) is 18.4 Å². The number of esters is 2. The number of hydrogen-bond donors (Lipinski definition) is 2. The Hall–Kier alpha value is -3.21. The van der Waals surface area contributed by atoms with Crippen LogP contribution in [0.25, 0.3) is 0 Å². The minimum Gasteiger partial charge on any atom is -0.458 e. The van der Waals surface area contributed by atoms with Crippen LogP contribution in [0.3, 0.4) is 0 Å². The molecule has 2 saturated heterocycles. The maximum atomic E-state index is 13.9. The van der Waals surface area contributed by atoms with E-state index >= 15 is 0 Å². The highest BCUT2D eigenvalue weighted by molar-refractivity contribution is 5.92. The van der Waals surface area contributed by atoms with Crippen LogP contribution in [0.4, 0.5) is 4.79 Å². The van der Waals surface area contributed by atoms with Gasteiger partial charge in [-0.2, -0.15) is 0 Å². The first-order valence-corrected chi connectivity index (χ1v) is 16.7. The van der Waals surface area contributed by atoms with Gasteiger partial charge in [0.25, 0.3) is 0 Å². The molecule has 1 aromatic carbocycles. The minimum absolute atomic E-state index is 0.000638. The van der Waals surface area contributed by atoms with Gasteiger partial charge in [-0.3, -0.25) is 4.90 Å². The second-order valence-corrected chi connectivity index (χ2v) is 15.6. The average Bonchev–Trinajstić information content (AvgIpc) is 3.49. The van der Waals surface area contributed by atoms with Crippen molar-refractivity contribution in [1.82, 2.24) is 4.90 Å². The van der Waals surface area contributed by atoms with Crippen molar-refractivity contribution in [3.63, 3.8) is 0 Å². The standard InChI is InChI=1S/C37H51NO9/c1-22-14-17-27-36(7,19-18-28(40)37(27,8)21-39)25(22)16-15-24-26(20-44-31(24)41)45-32(42)30-29(23-12-10-9-11-13-23)38(35(5,6)46-30)33(43)47-34(2,3)4/h9-13,15,25-30,39-40H,1,14,16-21H2,2-8H3/b24-15+/t25-,26?,27?,28?,29?,30?,36+,37-/m0/s1. The Labute approximate surface area is 278 Å². The molecule has 2 saturated carbocycles. The Morgan fingerprint density at radius 3 is 2.45 bits per heavy atom. The molecular weight excluding hydrogens is 602 g/mol. The molecule has 2 heterocycles. The first-order valence-electron chi connectivity index (χ1n) is 16.7. The number of hydrogen-bond acceptors (Lipinski definition) is 9. The summed E-state index contributed by atoms with van der Waals surface area (Å²) < 4.78 is 23.3. The molecule has 8 atom stereocenters. The first kappa shape index (κ1) is 35.1. The number of aliphatic hydroxyl groups is 2. The normalized spacial score (nSPS) is 36.2.